The number of anilines is 1. The smallest absolute Gasteiger partial charge is 0.338 e. The van der Waals surface area contributed by atoms with Gasteiger partial charge in [-0.25, -0.2) is 4.79 Å². The summed E-state index contributed by atoms with van der Waals surface area (Å²) in [4.78, 5) is 24.0. The Morgan fingerprint density at radius 1 is 0.857 bits per heavy atom. The number of nitrogens with one attached hydrogen (secondary N) is 1. The molecule has 28 heavy (non-hydrogen) atoms. The zero-order chi connectivity index (χ0) is 19.9. The van der Waals surface area contributed by atoms with Gasteiger partial charge < -0.3 is 14.8 Å². The van der Waals surface area contributed by atoms with E-state index in [2.05, 4.69) is 5.32 Å². The van der Waals surface area contributed by atoms with Crippen molar-refractivity contribution in [1.29, 1.82) is 0 Å². The molecule has 5 nitrogen and oxygen atoms in total. The van der Waals surface area contributed by atoms with Crippen LogP contribution in [0.5, 0.6) is 11.5 Å². The van der Waals surface area contributed by atoms with E-state index in [0.717, 1.165) is 0 Å². The van der Waals surface area contributed by atoms with Crippen LogP contribution in [0.4, 0.5) is 5.69 Å². The van der Waals surface area contributed by atoms with Crippen LogP contribution in [0.2, 0.25) is 10.0 Å². The minimum absolute atomic E-state index is 0.293. The Morgan fingerprint density at radius 3 is 2.21 bits per heavy atom. The second kappa shape index (κ2) is 9.26. The van der Waals surface area contributed by atoms with E-state index in [1.807, 2.05) is 30.3 Å². The van der Waals surface area contributed by atoms with Gasteiger partial charge in [0.1, 0.15) is 11.5 Å². The highest BCUT2D eigenvalue weighted by Gasteiger charge is 2.12. The van der Waals surface area contributed by atoms with Crippen molar-refractivity contribution < 1.29 is 19.1 Å². The third kappa shape index (κ3) is 5.49. The molecule has 7 heteroatoms. The van der Waals surface area contributed by atoms with Gasteiger partial charge in [0.25, 0.3) is 5.91 Å². The number of carbonyl (C=O) groups excluding carboxylic acids is 2. The highest BCUT2D eigenvalue weighted by Crippen LogP contribution is 2.25. The van der Waals surface area contributed by atoms with Gasteiger partial charge in [0.05, 0.1) is 16.3 Å². The molecule has 0 fully saturated rings. The summed E-state index contributed by atoms with van der Waals surface area (Å²) in [7, 11) is 0. The Kier molecular flexibility index (Phi) is 6.53. The van der Waals surface area contributed by atoms with Crippen molar-refractivity contribution in [1.82, 2.24) is 0 Å². The lowest BCUT2D eigenvalue weighted by molar-refractivity contribution is -0.119. The van der Waals surface area contributed by atoms with Gasteiger partial charge in [0.15, 0.2) is 6.61 Å². The van der Waals surface area contributed by atoms with Crippen LogP contribution in [0.25, 0.3) is 0 Å². The number of hydrogen-bond acceptors (Lipinski definition) is 4. The second-order valence-electron chi connectivity index (χ2n) is 5.69. The standard InChI is InChI=1S/C21H15Cl2NO4/c22-15-8-11-19(18(23)12-15)24-20(25)13-27-21(26)14-6-9-17(10-7-14)28-16-4-2-1-3-5-16/h1-12H,13H2,(H,24,25). The van der Waals surface area contributed by atoms with Gasteiger partial charge in [-0.05, 0) is 54.6 Å². The SMILES string of the molecule is O=C(COC(=O)c1ccc(Oc2ccccc2)cc1)Nc1ccc(Cl)cc1Cl. The van der Waals surface area contributed by atoms with Crippen LogP contribution in [0, 0.1) is 0 Å². The maximum absolute atomic E-state index is 12.1. The molecular weight excluding hydrogens is 401 g/mol. The van der Waals surface area contributed by atoms with E-state index >= 15 is 0 Å². The fourth-order valence-corrected chi connectivity index (χ4v) is 2.73. The van der Waals surface area contributed by atoms with Crippen LogP contribution in [0.15, 0.2) is 72.8 Å². The Morgan fingerprint density at radius 2 is 1.54 bits per heavy atom. The Balaban J connectivity index is 1.52. The summed E-state index contributed by atoms with van der Waals surface area (Å²) in [6, 6.07) is 20.4. The first-order valence-corrected chi connectivity index (χ1v) is 9.02. The normalized spacial score (nSPS) is 10.2. The van der Waals surface area contributed by atoms with Gasteiger partial charge in [-0.15, -0.1) is 0 Å². The highest BCUT2D eigenvalue weighted by atomic mass is 35.5. The summed E-state index contributed by atoms with van der Waals surface area (Å²) < 4.78 is 10.7. The number of rotatable bonds is 6. The average molecular weight is 416 g/mol. The largest absolute Gasteiger partial charge is 0.457 e. The number of para-hydroxylation sites is 1. The van der Waals surface area contributed by atoms with Crippen molar-refractivity contribution in [2.45, 2.75) is 0 Å². The van der Waals surface area contributed by atoms with Crippen molar-refractivity contribution >= 4 is 40.8 Å². The van der Waals surface area contributed by atoms with Gasteiger partial charge in [0.2, 0.25) is 0 Å². The summed E-state index contributed by atoms with van der Waals surface area (Å²) in [6.07, 6.45) is 0. The molecule has 1 N–H and O–H groups in total. The van der Waals surface area contributed by atoms with Gasteiger partial charge in [0, 0.05) is 5.02 Å². The van der Waals surface area contributed by atoms with E-state index in [1.165, 1.54) is 6.07 Å². The molecule has 0 spiro atoms. The van der Waals surface area contributed by atoms with Crippen molar-refractivity contribution in [2.24, 2.45) is 0 Å². The van der Waals surface area contributed by atoms with E-state index in [9.17, 15) is 9.59 Å². The molecule has 0 heterocycles. The molecule has 3 aromatic rings. The number of halogens is 2. The van der Waals surface area contributed by atoms with Gasteiger partial charge in [-0.2, -0.15) is 0 Å². The number of ether oxygens (including phenoxy) is 2. The fraction of sp³-hybridized carbons (Fsp3) is 0.0476. The first-order chi connectivity index (χ1) is 13.5. The number of esters is 1. The average Bonchev–Trinajstić information content (AvgIpc) is 2.70. The van der Waals surface area contributed by atoms with Crippen LogP contribution in [-0.2, 0) is 9.53 Å². The summed E-state index contributed by atoms with van der Waals surface area (Å²) in [5, 5.41) is 3.30. The molecule has 0 saturated heterocycles. The lowest BCUT2D eigenvalue weighted by atomic mass is 10.2. The summed E-state index contributed by atoms with van der Waals surface area (Å²) in [5.41, 5.74) is 0.687. The summed E-state index contributed by atoms with van der Waals surface area (Å²) in [5.74, 6) is 0.137. The van der Waals surface area contributed by atoms with E-state index in [1.54, 1.807) is 36.4 Å². The lowest BCUT2D eigenvalue weighted by Crippen LogP contribution is -2.21. The van der Waals surface area contributed by atoms with Gasteiger partial charge in [-0.1, -0.05) is 41.4 Å². The first-order valence-electron chi connectivity index (χ1n) is 8.26. The van der Waals surface area contributed by atoms with Crippen molar-refractivity contribution in [3.05, 3.63) is 88.4 Å². The third-order valence-corrected chi connectivity index (χ3v) is 4.16. The number of carbonyl (C=O) groups is 2. The Labute approximate surface area is 171 Å². The predicted octanol–water partition coefficient (Wildman–Crippen LogP) is 5.58. The minimum atomic E-state index is -0.622. The molecule has 0 aromatic heterocycles. The molecule has 0 unspecified atom stereocenters. The van der Waals surface area contributed by atoms with Crippen LogP contribution >= 0.6 is 23.2 Å². The Hall–Kier alpha value is -3.02. The van der Waals surface area contributed by atoms with E-state index in [4.69, 9.17) is 32.7 Å². The molecule has 0 aliphatic rings. The van der Waals surface area contributed by atoms with Gasteiger partial charge in [-0.3, -0.25) is 4.79 Å². The number of benzene rings is 3. The molecule has 142 valence electrons. The molecule has 3 aromatic carbocycles. The fourth-order valence-electron chi connectivity index (χ4n) is 2.28. The van der Waals surface area contributed by atoms with E-state index in [-0.39, 0.29) is 0 Å². The van der Waals surface area contributed by atoms with E-state index < -0.39 is 18.5 Å². The highest BCUT2D eigenvalue weighted by molar-refractivity contribution is 6.36. The molecule has 0 bridgehead atoms. The predicted molar refractivity (Wildman–Crippen MR) is 108 cm³/mol. The molecule has 3 rings (SSSR count). The topological polar surface area (TPSA) is 64.6 Å². The second-order valence-corrected chi connectivity index (χ2v) is 6.53. The molecular formula is C21H15Cl2NO4. The molecule has 0 aliphatic heterocycles. The van der Waals surface area contributed by atoms with Crippen LogP contribution < -0.4 is 10.1 Å². The summed E-state index contributed by atoms with van der Waals surface area (Å²) >= 11 is 11.8. The molecule has 0 saturated carbocycles. The molecule has 0 radical (unpaired) electrons. The monoisotopic (exact) mass is 415 g/mol. The van der Waals surface area contributed by atoms with Crippen molar-refractivity contribution in [3.8, 4) is 11.5 Å². The number of amides is 1. The Bertz CT molecular complexity index is 975. The molecule has 0 atom stereocenters. The lowest BCUT2D eigenvalue weighted by Gasteiger charge is -2.09. The molecule has 0 aliphatic carbocycles. The maximum atomic E-state index is 12.1. The minimum Gasteiger partial charge on any atom is -0.457 e. The third-order valence-electron chi connectivity index (χ3n) is 3.61. The molecule has 1 amide bonds. The van der Waals surface area contributed by atoms with Crippen LogP contribution in [0.3, 0.4) is 0 Å². The zero-order valence-corrected chi connectivity index (χ0v) is 16.0. The summed E-state index contributed by atoms with van der Waals surface area (Å²) in [6.45, 7) is -0.444. The van der Waals surface area contributed by atoms with Crippen molar-refractivity contribution in [3.63, 3.8) is 0 Å². The maximum Gasteiger partial charge on any atom is 0.338 e. The quantitative estimate of drug-likeness (QED) is 0.533. The van der Waals surface area contributed by atoms with Crippen LogP contribution in [-0.4, -0.2) is 18.5 Å². The zero-order valence-electron chi connectivity index (χ0n) is 14.5. The van der Waals surface area contributed by atoms with Gasteiger partial charge >= 0.3 is 5.97 Å². The van der Waals surface area contributed by atoms with E-state index in [0.29, 0.717) is 32.8 Å². The van der Waals surface area contributed by atoms with Crippen LogP contribution in [0.1, 0.15) is 10.4 Å². The van der Waals surface area contributed by atoms with Crippen molar-refractivity contribution in [2.75, 3.05) is 11.9 Å². The number of hydrogen-bond donors (Lipinski definition) is 1. The first kappa shape index (κ1) is 19.7.